The van der Waals surface area contributed by atoms with Gasteiger partial charge in [-0.2, -0.15) is 4.98 Å². The molecular weight excluding hydrogens is 455 g/mol. The van der Waals surface area contributed by atoms with Crippen molar-refractivity contribution in [3.63, 3.8) is 0 Å². The molecule has 1 N–H and O–H groups in total. The van der Waals surface area contributed by atoms with E-state index in [0.29, 0.717) is 21.9 Å². The van der Waals surface area contributed by atoms with Gasteiger partial charge in [0.2, 0.25) is 5.82 Å². The summed E-state index contributed by atoms with van der Waals surface area (Å²) < 4.78 is 19.4. The minimum atomic E-state index is -0.503. The van der Waals surface area contributed by atoms with Crippen molar-refractivity contribution in [3.8, 4) is 11.4 Å². The molecule has 0 bridgehead atoms. The number of nitrogens with zero attached hydrogens (tertiary/aromatic N) is 3. The van der Waals surface area contributed by atoms with Gasteiger partial charge >= 0.3 is 6.03 Å². The number of nitrogens with one attached hydrogen (secondary N) is 1. The maximum absolute atomic E-state index is 13.7. The Morgan fingerprint density at radius 1 is 1.06 bits per heavy atom. The van der Waals surface area contributed by atoms with E-state index in [4.69, 9.17) is 16.1 Å². The van der Waals surface area contributed by atoms with Gasteiger partial charge in [0.1, 0.15) is 5.82 Å². The Labute approximate surface area is 200 Å². The second-order valence-electron chi connectivity index (χ2n) is 7.90. The highest BCUT2D eigenvalue weighted by atomic mass is 35.5. The van der Waals surface area contributed by atoms with Crippen LogP contribution in [0.5, 0.6) is 0 Å². The minimum Gasteiger partial charge on any atom is -0.334 e. The second-order valence-corrected chi connectivity index (χ2v) is 8.31. The quantitative estimate of drug-likeness (QED) is 0.372. The van der Waals surface area contributed by atoms with Crippen LogP contribution in [0.2, 0.25) is 5.02 Å². The van der Waals surface area contributed by atoms with Crippen molar-refractivity contribution in [3.05, 3.63) is 112 Å². The standard InChI is InChI=1S/C26H20ClFN4O2/c1-16-22(25-30-24(31-34-25)18-11-7-12-20(28)14-18)23(17-8-3-2-4-9-17)29-26(33)32(16)15-19-10-5-6-13-21(19)27/h2-14,23H,15H2,1H3,(H,29,33). The lowest BCUT2D eigenvalue weighted by Crippen LogP contribution is -2.45. The van der Waals surface area contributed by atoms with Gasteiger partial charge in [0.25, 0.3) is 5.89 Å². The maximum atomic E-state index is 13.7. The molecule has 1 atom stereocenters. The van der Waals surface area contributed by atoms with Gasteiger partial charge < -0.3 is 9.84 Å². The molecule has 5 rings (SSSR count). The summed E-state index contributed by atoms with van der Waals surface area (Å²) in [6.45, 7) is 2.11. The number of amides is 2. The van der Waals surface area contributed by atoms with Crippen molar-refractivity contribution < 1.29 is 13.7 Å². The second kappa shape index (κ2) is 9.11. The summed E-state index contributed by atoms with van der Waals surface area (Å²) >= 11 is 6.35. The average Bonchev–Trinajstić information content (AvgIpc) is 3.33. The average molecular weight is 475 g/mol. The number of aromatic nitrogens is 2. The first-order valence-corrected chi connectivity index (χ1v) is 11.1. The lowest BCUT2D eigenvalue weighted by molar-refractivity contribution is 0.203. The van der Waals surface area contributed by atoms with E-state index in [1.807, 2.05) is 55.5 Å². The van der Waals surface area contributed by atoms with Crippen LogP contribution in [0.3, 0.4) is 0 Å². The molecular formula is C26H20ClFN4O2. The Bertz CT molecular complexity index is 1390. The third-order valence-corrected chi connectivity index (χ3v) is 6.12. The highest BCUT2D eigenvalue weighted by Crippen LogP contribution is 2.38. The molecule has 2 amide bonds. The molecule has 8 heteroatoms. The predicted octanol–water partition coefficient (Wildman–Crippen LogP) is 6.23. The van der Waals surface area contributed by atoms with E-state index in [1.54, 1.807) is 23.1 Å². The van der Waals surface area contributed by atoms with Crippen LogP contribution in [0.25, 0.3) is 17.0 Å². The van der Waals surface area contributed by atoms with Crippen LogP contribution in [0, 0.1) is 5.82 Å². The van der Waals surface area contributed by atoms with Crippen molar-refractivity contribution in [2.24, 2.45) is 0 Å². The van der Waals surface area contributed by atoms with Gasteiger partial charge in [-0.15, -0.1) is 0 Å². The first-order chi connectivity index (χ1) is 16.5. The van der Waals surface area contributed by atoms with Crippen LogP contribution < -0.4 is 5.32 Å². The molecule has 1 aromatic heterocycles. The lowest BCUT2D eigenvalue weighted by atomic mass is 9.94. The number of hydrogen-bond donors (Lipinski definition) is 1. The van der Waals surface area contributed by atoms with Gasteiger partial charge in [0.15, 0.2) is 0 Å². The molecule has 0 fully saturated rings. The van der Waals surface area contributed by atoms with Crippen molar-refractivity contribution in [2.45, 2.75) is 19.5 Å². The van der Waals surface area contributed by atoms with E-state index in [2.05, 4.69) is 15.5 Å². The summed E-state index contributed by atoms with van der Waals surface area (Å²) in [5.41, 5.74) is 3.49. The van der Waals surface area contributed by atoms with Crippen molar-refractivity contribution in [1.29, 1.82) is 0 Å². The molecule has 0 spiro atoms. The predicted molar refractivity (Wildman–Crippen MR) is 127 cm³/mol. The third kappa shape index (κ3) is 4.18. The zero-order chi connectivity index (χ0) is 23.7. The van der Waals surface area contributed by atoms with E-state index < -0.39 is 11.9 Å². The summed E-state index contributed by atoms with van der Waals surface area (Å²) in [5, 5.41) is 7.70. The zero-order valence-electron chi connectivity index (χ0n) is 18.2. The summed E-state index contributed by atoms with van der Waals surface area (Å²) in [7, 11) is 0. The monoisotopic (exact) mass is 474 g/mol. The number of carbonyl (C=O) groups is 1. The summed E-state index contributed by atoms with van der Waals surface area (Å²) in [6, 6.07) is 22.2. The molecule has 0 aliphatic carbocycles. The van der Waals surface area contributed by atoms with E-state index in [1.165, 1.54) is 12.1 Å². The number of urea groups is 1. The largest absolute Gasteiger partial charge is 0.334 e. The van der Waals surface area contributed by atoms with E-state index in [-0.39, 0.29) is 24.3 Å². The molecule has 0 saturated heterocycles. The highest BCUT2D eigenvalue weighted by Gasteiger charge is 2.36. The van der Waals surface area contributed by atoms with Crippen LogP contribution in [0.4, 0.5) is 9.18 Å². The van der Waals surface area contributed by atoms with Crippen LogP contribution in [-0.4, -0.2) is 21.1 Å². The summed E-state index contributed by atoms with van der Waals surface area (Å²) in [5.74, 6) is 0.114. The fraction of sp³-hybridized carbons (Fsp3) is 0.115. The molecule has 6 nitrogen and oxygen atoms in total. The Kier molecular flexibility index (Phi) is 5.86. The van der Waals surface area contributed by atoms with Crippen molar-refractivity contribution >= 4 is 23.2 Å². The number of allylic oxidation sites excluding steroid dienone is 1. The Morgan fingerprint density at radius 2 is 1.82 bits per heavy atom. The maximum Gasteiger partial charge on any atom is 0.322 e. The normalized spacial score (nSPS) is 16.0. The molecule has 2 heterocycles. The van der Waals surface area contributed by atoms with Gasteiger partial charge in [-0.1, -0.05) is 77.4 Å². The summed E-state index contributed by atoms with van der Waals surface area (Å²) in [6.07, 6.45) is 0. The smallest absolute Gasteiger partial charge is 0.322 e. The van der Waals surface area contributed by atoms with Crippen LogP contribution >= 0.6 is 11.6 Å². The number of benzene rings is 3. The zero-order valence-corrected chi connectivity index (χ0v) is 19.0. The van der Waals surface area contributed by atoms with Gasteiger partial charge in [-0.05, 0) is 36.2 Å². The van der Waals surface area contributed by atoms with Crippen LogP contribution in [0.1, 0.15) is 30.0 Å². The molecule has 34 heavy (non-hydrogen) atoms. The van der Waals surface area contributed by atoms with Gasteiger partial charge in [-0.3, -0.25) is 4.90 Å². The number of carbonyl (C=O) groups excluding carboxylic acids is 1. The fourth-order valence-electron chi connectivity index (χ4n) is 4.02. The van der Waals surface area contributed by atoms with Crippen molar-refractivity contribution in [1.82, 2.24) is 20.4 Å². The van der Waals surface area contributed by atoms with Gasteiger partial charge in [0.05, 0.1) is 18.2 Å². The Hall–Kier alpha value is -3.97. The summed E-state index contributed by atoms with van der Waals surface area (Å²) in [4.78, 5) is 19.3. The lowest BCUT2D eigenvalue weighted by Gasteiger charge is -2.35. The SMILES string of the molecule is CC1=C(c2nc(-c3cccc(F)c3)no2)C(c2ccccc2)NC(=O)N1Cc1ccccc1Cl. The first kappa shape index (κ1) is 21.9. The third-order valence-electron chi connectivity index (χ3n) is 5.75. The topological polar surface area (TPSA) is 71.3 Å². The molecule has 1 aliphatic heterocycles. The fourth-order valence-corrected chi connectivity index (χ4v) is 4.21. The molecule has 1 aliphatic rings. The number of rotatable bonds is 5. The Balaban J connectivity index is 1.61. The number of hydrogen-bond acceptors (Lipinski definition) is 4. The van der Waals surface area contributed by atoms with Gasteiger partial charge in [-0.25, -0.2) is 9.18 Å². The molecule has 0 saturated carbocycles. The first-order valence-electron chi connectivity index (χ1n) is 10.7. The van der Waals surface area contributed by atoms with E-state index in [0.717, 1.165) is 11.1 Å². The minimum absolute atomic E-state index is 0.245. The molecule has 3 aromatic carbocycles. The molecule has 0 radical (unpaired) electrons. The van der Waals surface area contributed by atoms with E-state index >= 15 is 0 Å². The van der Waals surface area contributed by atoms with E-state index in [9.17, 15) is 9.18 Å². The van der Waals surface area contributed by atoms with Crippen LogP contribution in [-0.2, 0) is 6.54 Å². The molecule has 4 aromatic rings. The number of halogens is 2. The Morgan fingerprint density at radius 3 is 2.59 bits per heavy atom. The molecule has 1 unspecified atom stereocenters. The molecule has 170 valence electrons. The highest BCUT2D eigenvalue weighted by molar-refractivity contribution is 6.31. The van der Waals surface area contributed by atoms with Crippen molar-refractivity contribution in [2.75, 3.05) is 0 Å². The van der Waals surface area contributed by atoms with Gasteiger partial charge in [0, 0.05) is 16.3 Å². The van der Waals surface area contributed by atoms with Crippen LogP contribution in [0.15, 0.2) is 89.1 Å².